The lowest BCUT2D eigenvalue weighted by atomic mass is 10.0. The second kappa shape index (κ2) is 13.2. The maximum Gasteiger partial charge on any atom is 0.193 e. The van der Waals surface area contributed by atoms with Crippen molar-refractivity contribution >= 4 is 36.0 Å². The summed E-state index contributed by atoms with van der Waals surface area (Å²) in [6.07, 6.45) is 7.00. The predicted molar refractivity (Wildman–Crippen MR) is 128 cm³/mol. The zero-order valence-electron chi connectivity index (χ0n) is 17.1. The average molecular weight is 498 g/mol. The molecule has 3 rings (SSSR count). The number of hydrogen-bond donors (Lipinski definition) is 1. The van der Waals surface area contributed by atoms with E-state index < -0.39 is 0 Å². The first kappa shape index (κ1) is 23.2. The minimum Gasteiger partial charge on any atom is -0.379 e. The van der Waals surface area contributed by atoms with Gasteiger partial charge in [0.25, 0.3) is 0 Å². The molecule has 0 aromatic heterocycles. The van der Waals surface area contributed by atoms with E-state index in [0.717, 1.165) is 64.7 Å². The molecule has 0 aliphatic carbocycles. The van der Waals surface area contributed by atoms with Gasteiger partial charge in [-0.2, -0.15) is 0 Å². The van der Waals surface area contributed by atoms with Crippen molar-refractivity contribution in [2.75, 3.05) is 59.5 Å². The number of unbranched alkanes of at least 4 members (excludes halogenated alkanes) is 1. The lowest BCUT2D eigenvalue weighted by Gasteiger charge is -2.31. The summed E-state index contributed by atoms with van der Waals surface area (Å²) in [6, 6.07) is 10.6. The van der Waals surface area contributed by atoms with Gasteiger partial charge in [0.15, 0.2) is 5.96 Å². The zero-order chi connectivity index (χ0) is 18.7. The smallest absolute Gasteiger partial charge is 0.193 e. The Bertz CT molecular complexity index is 604. The predicted octanol–water partition coefficient (Wildman–Crippen LogP) is 3.47. The van der Waals surface area contributed by atoms with Gasteiger partial charge in [-0.05, 0) is 37.8 Å². The summed E-state index contributed by atoms with van der Waals surface area (Å²) < 4.78 is 5.40. The summed E-state index contributed by atoms with van der Waals surface area (Å²) in [5.41, 5.74) is 2.85. The van der Waals surface area contributed by atoms with E-state index in [1.807, 2.05) is 7.05 Å². The Hall–Kier alpha value is -1.12. The van der Waals surface area contributed by atoms with Gasteiger partial charge in [0, 0.05) is 39.8 Å². The van der Waals surface area contributed by atoms with Crippen LogP contribution in [0, 0.1) is 0 Å². The summed E-state index contributed by atoms with van der Waals surface area (Å²) in [4.78, 5) is 9.39. The zero-order valence-corrected chi connectivity index (χ0v) is 19.4. The Balaban J connectivity index is 0.00000280. The molecule has 156 valence electrons. The van der Waals surface area contributed by atoms with Gasteiger partial charge in [-0.15, -0.1) is 24.0 Å². The van der Waals surface area contributed by atoms with Gasteiger partial charge in [-0.25, -0.2) is 0 Å². The molecule has 0 amide bonds. The number of ether oxygens (including phenoxy) is 1. The van der Waals surface area contributed by atoms with Crippen LogP contribution in [0.4, 0.5) is 0 Å². The number of rotatable bonds is 6. The highest BCUT2D eigenvalue weighted by atomic mass is 127. The van der Waals surface area contributed by atoms with Crippen molar-refractivity contribution in [3.05, 3.63) is 41.5 Å². The molecule has 28 heavy (non-hydrogen) atoms. The SMILES string of the molecule is CN=C(NCCCCN1CCOCC1)N1CCC(=Cc2ccccc2)CC1.I. The van der Waals surface area contributed by atoms with Crippen molar-refractivity contribution in [2.45, 2.75) is 25.7 Å². The first-order valence-electron chi connectivity index (χ1n) is 10.4. The fourth-order valence-corrected chi connectivity index (χ4v) is 3.75. The van der Waals surface area contributed by atoms with Gasteiger partial charge < -0.3 is 15.0 Å². The maximum atomic E-state index is 5.40. The number of benzene rings is 1. The molecule has 6 heteroatoms. The van der Waals surface area contributed by atoms with Crippen molar-refractivity contribution in [1.82, 2.24) is 15.1 Å². The number of halogens is 1. The lowest BCUT2D eigenvalue weighted by molar-refractivity contribution is 0.0372. The summed E-state index contributed by atoms with van der Waals surface area (Å²) in [7, 11) is 1.89. The molecule has 0 unspecified atom stereocenters. The fourth-order valence-electron chi connectivity index (χ4n) is 3.75. The highest BCUT2D eigenvalue weighted by Crippen LogP contribution is 2.19. The van der Waals surface area contributed by atoms with E-state index >= 15 is 0 Å². The highest BCUT2D eigenvalue weighted by molar-refractivity contribution is 14.0. The van der Waals surface area contributed by atoms with Gasteiger partial charge in [-0.3, -0.25) is 9.89 Å². The van der Waals surface area contributed by atoms with Crippen LogP contribution in [0.5, 0.6) is 0 Å². The van der Waals surface area contributed by atoms with E-state index in [-0.39, 0.29) is 24.0 Å². The molecule has 0 spiro atoms. The number of nitrogens with zero attached hydrogens (tertiary/aromatic N) is 3. The first-order chi connectivity index (χ1) is 13.3. The van der Waals surface area contributed by atoms with Crippen LogP contribution in [0.25, 0.3) is 6.08 Å². The first-order valence-corrected chi connectivity index (χ1v) is 10.4. The number of likely N-dealkylation sites (tertiary alicyclic amines) is 1. The molecule has 0 bridgehead atoms. The number of guanidine groups is 1. The fraction of sp³-hybridized carbons (Fsp3) is 0.591. The summed E-state index contributed by atoms with van der Waals surface area (Å²) >= 11 is 0. The molecule has 5 nitrogen and oxygen atoms in total. The number of piperidine rings is 1. The van der Waals surface area contributed by atoms with Gasteiger partial charge in [-0.1, -0.05) is 42.0 Å². The molecule has 2 saturated heterocycles. The second-order valence-corrected chi connectivity index (χ2v) is 7.34. The summed E-state index contributed by atoms with van der Waals surface area (Å²) in [5.74, 6) is 1.06. The third kappa shape index (κ3) is 7.72. The standard InChI is InChI=1S/C22H34N4O.HI/c1-23-22(24-11-5-6-12-25-15-17-27-18-16-25)26-13-9-21(10-14-26)19-20-7-3-2-4-8-20;/h2-4,7-8,19H,5-6,9-18H2,1H3,(H,23,24);1H. The molecule has 2 fully saturated rings. The normalized spacial score (nSPS) is 18.5. The summed E-state index contributed by atoms with van der Waals surface area (Å²) in [5, 5.41) is 3.55. The molecule has 0 saturated carbocycles. The van der Waals surface area contributed by atoms with Crippen LogP contribution in [-0.2, 0) is 4.74 Å². The molecular formula is C22H35IN4O. The quantitative estimate of drug-likeness (QED) is 0.282. The van der Waals surface area contributed by atoms with Crippen LogP contribution in [0.2, 0.25) is 0 Å². The molecule has 0 atom stereocenters. The average Bonchev–Trinajstić information content (AvgIpc) is 2.73. The van der Waals surface area contributed by atoms with Crippen molar-refractivity contribution < 1.29 is 4.74 Å². The van der Waals surface area contributed by atoms with Crippen LogP contribution < -0.4 is 5.32 Å². The number of nitrogens with one attached hydrogen (secondary N) is 1. The third-order valence-electron chi connectivity index (χ3n) is 5.38. The van der Waals surface area contributed by atoms with Crippen LogP contribution in [-0.4, -0.2) is 75.3 Å². The van der Waals surface area contributed by atoms with E-state index in [4.69, 9.17) is 4.74 Å². The lowest BCUT2D eigenvalue weighted by Crippen LogP contribution is -2.44. The monoisotopic (exact) mass is 498 g/mol. The third-order valence-corrected chi connectivity index (χ3v) is 5.38. The van der Waals surface area contributed by atoms with Crippen molar-refractivity contribution in [2.24, 2.45) is 4.99 Å². The molecule has 1 aromatic carbocycles. The second-order valence-electron chi connectivity index (χ2n) is 7.34. The highest BCUT2D eigenvalue weighted by Gasteiger charge is 2.17. The van der Waals surface area contributed by atoms with Gasteiger partial charge in [0.1, 0.15) is 0 Å². The van der Waals surface area contributed by atoms with Gasteiger partial charge in [0.05, 0.1) is 13.2 Å². The van der Waals surface area contributed by atoms with E-state index in [0.29, 0.717) is 0 Å². The molecule has 1 N–H and O–H groups in total. The molecule has 2 aliphatic rings. The Morgan fingerprint density at radius 3 is 2.46 bits per heavy atom. The number of morpholine rings is 1. The largest absolute Gasteiger partial charge is 0.379 e. The molecule has 0 radical (unpaired) electrons. The Kier molecular flexibility index (Phi) is 10.9. The minimum absolute atomic E-state index is 0. The molecule has 1 aromatic rings. The van der Waals surface area contributed by atoms with E-state index in [1.165, 1.54) is 24.9 Å². The topological polar surface area (TPSA) is 40.1 Å². The van der Waals surface area contributed by atoms with Crippen molar-refractivity contribution in [1.29, 1.82) is 0 Å². The molecule has 2 heterocycles. The van der Waals surface area contributed by atoms with Gasteiger partial charge >= 0.3 is 0 Å². The Labute approximate surface area is 187 Å². The van der Waals surface area contributed by atoms with Crippen LogP contribution in [0.1, 0.15) is 31.2 Å². The van der Waals surface area contributed by atoms with Gasteiger partial charge in [0.2, 0.25) is 0 Å². The molecular weight excluding hydrogens is 463 g/mol. The van der Waals surface area contributed by atoms with Crippen molar-refractivity contribution in [3.63, 3.8) is 0 Å². The van der Waals surface area contributed by atoms with Crippen LogP contribution >= 0.6 is 24.0 Å². The number of aliphatic imine (C=N–C) groups is 1. The van der Waals surface area contributed by atoms with Crippen LogP contribution in [0.3, 0.4) is 0 Å². The van der Waals surface area contributed by atoms with Crippen LogP contribution in [0.15, 0.2) is 40.9 Å². The maximum absolute atomic E-state index is 5.40. The minimum atomic E-state index is 0. The Morgan fingerprint density at radius 2 is 1.79 bits per heavy atom. The van der Waals surface area contributed by atoms with E-state index in [9.17, 15) is 0 Å². The Morgan fingerprint density at radius 1 is 1.07 bits per heavy atom. The molecule has 2 aliphatic heterocycles. The van der Waals surface area contributed by atoms with E-state index in [1.54, 1.807) is 5.57 Å². The number of hydrogen-bond acceptors (Lipinski definition) is 3. The summed E-state index contributed by atoms with van der Waals surface area (Å²) in [6.45, 7) is 8.23. The van der Waals surface area contributed by atoms with Crippen molar-refractivity contribution in [3.8, 4) is 0 Å². The van der Waals surface area contributed by atoms with E-state index in [2.05, 4.69) is 56.5 Å².